The third-order valence-corrected chi connectivity index (χ3v) is 4.04. The number of hydrogen-bond acceptors (Lipinski definition) is 1. The predicted molar refractivity (Wildman–Crippen MR) is 87.8 cm³/mol. The minimum Gasteiger partial charge on any atom is -0.350 e. The number of halogens is 2. The van der Waals surface area contributed by atoms with Crippen molar-refractivity contribution in [1.82, 2.24) is 5.32 Å². The molecule has 4 heteroatoms. The van der Waals surface area contributed by atoms with Crippen molar-refractivity contribution in [3.05, 3.63) is 69.7 Å². The Morgan fingerprint density at radius 2 is 1.81 bits per heavy atom. The van der Waals surface area contributed by atoms with Crippen LogP contribution >= 0.6 is 23.2 Å². The highest BCUT2D eigenvalue weighted by atomic mass is 35.5. The van der Waals surface area contributed by atoms with Crippen molar-refractivity contribution in [2.75, 3.05) is 0 Å². The molecule has 0 saturated heterocycles. The Hall–Kier alpha value is -1.51. The number of carbonyl (C=O) groups excluding carboxylic acids is 1. The molecule has 2 rings (SSSR count). The Balaban J connectivity index is 1.88. The van der Waals surface area contributed by atoms with Crippen LogP contribution in [0.2, 0.25) is 10.0 Å². The van der Waals surface area contributed by atoms with Crippen LogP contribution in [0.1, 0.15) is 30.5 Å². The molecular formula is C17H17Cl2NO. The average Bonchev–Trinajstić information content (AvgIpc) is 2.49. The van der Waals surface area contributed by atoms with Gasteiger partial charge in [-0.2, -0.15) is 0 Å². The molecule has 2 nitrogen and oxygen atoms in total. The quantitative estimate of drug-likeness (QED) is 0.841. The highest BCUT2D eigenvalue weighted by molar-refractivity contribution is 6.42. The molecule has 0 fully saturated rings. The van der Waals surface area contributed by atoms with Crippen LogP contribution in [0.3, 0.4) is 0 Å². The summed E-state index contributed by atoms with van der Waals surface area (Å²) in [5, 5.41) is 3.99. The van der Waals surface area contributed by atoms with Crippen molar-refractivity contribution in [2.45, 2.75) is 25.8 Å². The molecule has 21 heavy (non-hydrogen) atoms. The molecule has 0 spiro atoms. The number of benzene rings is 2. The van der Waals surface area contributed by atoms with E-state index in [4.69, 9.17) is 23.2 Å². The van der Waals surface area contributed by atoms with Gasteiger partial charge < -0.3 is 5.32 Å². The Morgan fingerprint density at radius 3 is 2.48 bits per heavy atom. The fraction of sp³-hybridized carbons (Fsp3) is 0.235. The van der Waals surface area contributed by atoms with E-state index in [0.29, 0.717) is 16.5 Å². The van der Waals surface area contributed by atoms with E-state index in [-0.39, 0.29) is 11.9 Å². The first-order valence-corrected chi connectivity index (χ1v) is 7.60. The summed E-state index contributed by atoms with van der Waals surface area (Å²) in [6.45, 7) is 1.93. The van der Waals surface area contributed by atoms with Crippen LogP contribution in [-0.2, 0) is 11.2 Å². The van der Waals surface area contributed by atoms with Crippen molar-refractivity contribution in [1.29, 1.82) is 0 Å². The third-order valence-electron chi connectivity index (χ3n) is 3.30. The van der Waals surface area contributed by atoms with Gasteiger partial charge in [0, 0.05) is 6.42 Å². The van der Waals surface area contributed by atoms with Crippen molar-refractivity contribution in [3.63, 3.8) is 0 Å². The molecule has 0 aromatic heterocycles. The van der Waals surface area contributed by atoms with Gasteiger partial charge in [0.05, 0.1) is 16.1 Å². The molecule has 0 heterocycles. The summed E-state index contributed by atoms with van der Waals surface area (Å²) in [7, 11) is 0. The molecule has 1 amide bonds. The number of aryl methyl sites for hydroxylation is 1. The average molecular weight is 322 g/mol. The Morgan fingerprint density at radius 1 is 1.10 bits per heavy atom. The molecule has 1 unspecified atom stereocenters. The van der Waals surface area contributed by atoms with Crippen molar-refractivity contribution in [2.24, 2.45) is 0 Å². The lowest BCUT2D eigenvalue weighted by molar-refractivity contribution is -0.121. The number of hydrogen-bond donors (Lipinski definition) is 1. The maximum absolute atomic E-state index is 12.0. The molecule has 110 valence electrons. The number of carbonyl (C=O) groups is 1. The van der Waals surface area contributed by atoms with Crippen molar-refractivity contribution >= 4 is 29.1 Å². The standard InChI is InChI=1S/C17H17Cl2NO/c1-12(14-8-9-15(18)16(19)11-14)20-17(21)10-7-13-5-3-2-4-6-13/h2-6,8-9,11-12H,7,10H2,1H3,(H,20,21). The van der Waals surface area contributed by atoms with Crippen LogP contribution in [0.4, 0.5) is 0 Å². The van der Waals surface area contributed by atoms with Crippen LogP contribution in [0.25, 0.3) is 0 Å². The monoisotopic (exact) mass is 321 g/mol. The Labute approximate surface area is 135 Å². The molecule has 1 atom stereocenters. The number of rotatable bonds is 5. The van der Waals surface area contributed by atoms with E-state index < -0.39 is 0 Å². The van der Waals surface area contributed by atoms with Gasteiger partial charge in [0.15, 0.2) is 0 Å². The minimum absolute atomic E-state index is 0.0254. The lowest BCUT2D eigenvalue weighted by Gasteiger charge is -2.15. The number of amides is 1. The zero-order chi connectivity index (χ0) is 15.2. The van der Waals surface area contributed by atoms with Gasteiger partial charge in [-0.05, 0) is 36.6 Å². The second-order valence-corrected chi connectivity index (χ2v) is 5.76. The van der Waals surface area contributed by atoms with Gasteiger partial charge in [-0.15, -0.1) is 0 Å². The summed E-state index contributed by atoms with van der Waals surface area (Å²) < 4.78 is 0. The maximum atomic E-state index is 12.0. The van der Waals surface area contributed by atoms with Crippen LogP contribution < -0.4 is 5.32 Å². The second kappa shape index (κ2) is 7.48. The summed E-state index contributed by atoms with van der Waals surface area (Å²) in [4.78, 5) is 12.0. The molecule has 2 aromatic rings. The molecule has 0 aliphatic heterocycles. The highest BCUT2D eigenvalue weighted by Crippen LogP contribution is 2.25. The van der Waals surface area contributed by atoms with E-state index in [2.05, 4.69) is 5.32 Å². The van der Waals surface area contributed by atoms with E-state index in [1.807, 2.05) is 43.3 Å². The van der Waals surface area contributed by atoms with Crippen LogP contribution in [-0.4, -0.2) is 5.91 Å². The van der Waals surface area contributed by atoms with Crippen LogP contribution in [0.15, 0.2) is 48.5 Å². The van der Waals surface area contributed by atoms with E-state index in [0.717, 1.165) is 17.5 Å². The lowest BCUT2D eigenvalue weighted by atomic mass is 10.1. The summed E-state index contributed by atoms with van der Waals surface area (Å²) in [5.74, 6) is 0.0254. The largest absolute Gasteiger partial charge is 0.350 e. The summed E-state index contributed by atoms with van der Waals surface area (Å²) in [5.41, 5.74) is 2.10. The molecule has 0 aliphatic rings. The van der Waals surface area contributed by atoms with Crippen molar-refractivity contribution in [3.8, 4) is 0 Å². The first-order chi connectivity index (χ1) is 10.1. The van der Waals surface area contributed by atoms with Gasteiger partial charge in [0.2, 0.25) is 5.91 Å². The predicted octanol–water partition coefficient (Wildman–Crippen LogP) is 4.80. The Bertz CT molecular complexity index is 613. The Kier molecular flexibility index (Phi) is 5.66. The SMILES string of the molecule is CC(NC(=O)CCc1ccccc1)c1ccc(Cl)c(Cl)c1. The molecule has 1 N–H and O–H groups in total. The molecule has 0 aliphatic carbocycles. The first-order valence-electron chi connectivity index (χ1n) is 6.84. The summed E-state index contributed by atoms with van der Waals surface area (Å²) in [6, 6.07) is 15.3. The van der Waals surface area contributed by atoms with E-state index >= 15 is 0 Å². The van der Waals surface area contributed by atoms with Gasteiger partial charge in [-0.1, -0.05) is 59.6 Å². The van der Waals surface area contributed by atoms with Gasteiger partial charge >= 0.3 is 0 Å². The molecule has 0 bridgehead atoms. The first kappa shape index (κ1) is 15.9. The summed E-state index contributed by atoms with van der Waals surface area (Å²) in [6.07, 6.45) is 1.20. The molecule has 0 saturated carbocycles. The van der Waals surface area contributed by atoms with E-state index in [1.54, 1.807) is 12.1 Å². The van der Waals surface area contributed by atoms with E-state index in [9.17, 15) is 4.79 Å². The second-order valence-electron chi connectivity index (χ2n) is 4.95. The highest BCUT2D eigenvalue weighted by Gasteiger charge is 2.11. The van der Waals surface area contributed by atoms with Crippen molar-refractivity contribution < 1.29 is 4.79 Å². The summed E-state index contributed by atoms with van der Waals surface area (Å²) >= 11 is 11.9. The topological polar surface area (TPSA) is 29.1 Å². The third kappa shape index (κ3) is 4.76. The fourth-order valence-electron chi connectivity index (χ4n) is 2.08. The molecule has 2 aromatic carbocycles. The van der Waals surface area contributed by atoms with Gasteiger partial charge in [-0.25, -0.2) is 0 Å². The smallest absolute Gasteiger partial charge is 0.220 e. The van der Waals surface area contributed by atoms with Gasteiger partial charge in [0.25, 0.3) is 0 Å². The van der Waals surface area contributed by atoms with E-state index in [1.165, 1.54) is 0 Å². The van der Waals surface area contributed by atoms with Gasteiger partial charge in [-0.3, -0.25) is 4.79 Å². The molecule has 0 radical (unpaired) electrons. The zero-order valence-electron chi connectivity index (χ0n) is 11.8. The normalized spacial score (nSPS) is 12.0. The zero-order valence-corrected chi connectivity index (χ0v) is 13.3. The molecular weight excluding hydrogens is 305 g/mol. The maximum Gasteiger partial charge on any atom is 0.220 e. The lowest BCUT2D eigenvalue weighted by Crippen LogP contribution is -2.26. The fourth-order valence-corrected chi connectivity index (χ4v) is 2.39. The van der Waals surface area contributed by atoms with Crippen LogP contribution in [0.5, 0.6) is 0 Å². The number of nitrogens with one attached hydrogen (secondary N) is 1. The van der Waals surface area contributed by atoms with Crippen LogP contribution in [0, 0.1) is 0 Å². The minimum atomic E-state index is -0.0944. The van der Waals surface area contributed by atoms with Gasteiger partial charge in [0.1, 0.15) is 0 Å².